The van der Waals surface area contributed by atoms with E-state index >= 15 is 0 Å². The molecule has 0 saturated carbocycles. The van der Waals surface area contributed by atoms with Crippen molar-refractivity contribution in [1.29, 1.82) is 0 Å². The summed E-state index contributed by atoms with van der Waals surface area (Å²) < 4.78 is 26.9. The molecule has 0 aromatic heterocycles. The van der Waals surface area contributed by atoms with Crippen LogP contribution in [0.4, 0.5) is 14.5 Å². The van der Waals surface area contributed by atoms with Crippen LogP contribution in [0.2, 0.25) is 0 Å². The average Bonchev–Trinajstić information content (AvgIpc) is 2.49. The normalized spacial score (nSPS) is 16.2. The second-order valence-electron chi connectivity index (χ2n) is 5.34. The van der Waals surface area contributed by atoms with Crippen molar-refractivity contribution >= 4 is 5.69 Å². The van der Waals surface area contributed by atoms with Gasteiger partial charge in [0.15, 0.2) is 0 Å². The van der Waals surface area contributed by atoms with E-state index in [1.807, 2.05) is 18.2 Å². The molecule has 0 amide bonds. The summed E-state index contributed by atoms with van der Waals surface area (Å²) in [5.74, 6) is -0.367. The van der Waals surface area contributed by atoms with Crippen LogP contribution < -0.4 is 4.90 Å². The molecule has 0 unspecified atom stereocenters. The number of hydrogen-bond acceptors (Lipinski definition) is 2. The van der Waals surface area contributed by atoms with Crippen molar-refractivity contribution < 1.29 is 8.78 Å². The molecule has 1 aliphatic heterocycles. The van der Waals surface area contributed by atoms with Gasteiger partial charge in [-0.3, -0.25) is 4.90 Å². The number of hydrogen-bond donors (Lipinski definition) is 0. The Morgan fingerprint density at radius 3 is 2.33 bits per heavy atom. The molecule has 1 heterocycles. The molecule has 0 aliphatic carbocycles. The van der Waals surface area contributed by atoms with Gasteiger partial charge in [0.25, 0.3) is 0 Å². The van der Waals surface area contributed by atoms with Gasteiger partial charge in [-0.1, -0.05) is 24.3 Å². The summed E-state index contributed by atoms with van der Waals surface area (Å²) in [5.41, 5.74) is 1.65. The molecule has 21 heavy (non-hydrogen) atoms. The lowest BCUT2D eigenvalue weighted by Crippen LogP contribution is -2.46. The van der Waals surface area contributed by atoms with Crippen LogP contribution in [0.3, 0.4) is 0 Å². The zero-order chi connectivity index (χ0) is 14.7. The summed E-state index contributed by atoms with van der Waals surface area (Å²) in [7, 11) is 0. The summed E-state index contributed by atoms with van der Waals surface area (Å²) in [4.78, 5) is 4.34. The first-order valence-corrected chi connectivity index (χ1v) is 7.18. The number of halogens is 2. The fraction of sp³-hybridized carbons (Fsp3) is 0.294. The van der Waals surface area contributed by atoms with Crippen molar-refractivity contribution in [1.82, 2.24) is 4.90 Å². The van der Waals surface area contributed by atoms with E-state index in [0.717, 1.165) is 38.3 Å². The number of para-hydroxylation sites is 1. The molecule has 110 valence electrons. The van der Waals surface area contributed by atoms with Crippen molar-refractivity contribution in [3.05, 3.63) is 65.7 Å². The number of rotatable bonds is 3. The molecule has 1 aliphatic rings. The van der Waals surface area contributed by atoms with Crippen LogP contribution in [0.25, 0.3) is 0 Å². The van der Waals surface area contributed by atoms with E-state index in [1.54, 1.807) is 18.2 Å². The van der Waals surface area contributed by atoms with Crippen molar-refractivity contribution in [2.45, 2.75) is 6.54 Å². The van der Waals surface area contributed by atoms with E-state index in [4.69, 9.17) is 0 Å². The molecule has 4 heteroatoms. The molecule has 0 bridgehead atoms. The molecule has 2 aromatic carbocycles. The second kappa shape index (κ2) is 6.22. The highest BCUT2D eigenvalue weighted by molar-refractivity contribution is 5.48. The van der Waals surface area contributed by atoms with E-state index < -0.39 is 0 Å². The molecule has 0 N–H and O–H groups in total. The number of piperazine rings is 1. The summed E-state index contributed by atoms with van der Waals surface area (Å²) in [6.45, 7) is 4.02. The Labute approximate surface area is 123 Å². The number of nitrogens with zero attached hydrogens (tertiary/aromatic N) is 2. The van der Waals surface area contributed by atoms with Crippen LogP contribution in [0.15, 0.2) is 48.5 Å². The third-order valence-electron chi connectivity index (χ3n) is 3.86. The third-order valence-corrected chi connectivity index (χ3v) is 3.86. The Morgan fingerprint density at radius 1 is 0.857 bits per heavy atom. The van der Waals surface area contributed by atoms with Crippen molar-refractivity contribution in [3.8, 4) is 0 Å². The maximum absolute atomic E-state index is 13.8. The molecule has 0 atom stereocenters. The minimum absolute atomic E-state index is 0.170. The van der Waals surface area contributed by atoms with E-state index in [0.29, 0.717) is 5.69 Å². The lowest BCUT2D eigenvalue weighted by atomic mass is 10.2. The Morgan fingerprint density at radius 2 is 1.62 bits per heavy atom. The highest BCUT2D eigenvalue weighted by Gasteiger charge is 2.19. The second-order valence-corrected chi connectivity index (χ2v) is 5.34. The van der Waals surface area contributed by atoms with Gasteiger partial charge < -0.3 is 4.90 Å². The predicted molar refractivity (Wildman–Crippen MR) is 80.3 cm³/mol. The first-order chi connectivity index (χ1) is 10.2. The molecule has 0 spiro atoms. The first-order valence-electron chi connectivity index (χ1n) is 7.18. The van der Waals surface area contributed by atoms with Gasteiger partial charge in [-0.15, -0.1) is 0 Å². The van der Waals surface area contributed by atoms with Gasteiger partial charge in [0.1, 0.15) is 11.6 Å². The predicted octanol–water partition coefficient (Wildman–Crippen LogP) is 3.29. The van der Waals surface area contributed by atoms with Gasteiger partial charge in [0.2, 0.25) is 0 Å². The molecule has 3 rings (SSSR count). The highest BCUT2D eigenvalue weighted by Crippen LogP contribution is 2.20. The highest BCUT2D eigenvalue weighted by atomic mass is 19.1. The summed E-state index contributed by atoms with van der Waals surface area (Å²) >= 11 is 0. The monoisotopic (exact) mass is 288 g/mol. The topological polar surface area (TPSA) is 6.48 Å². The van der Waals surface area contributed by atoms with Crippen LogP contribution in [0, 0.1) is 11.6 Å². The lowest BCUT2D eigenvalue weighted by molar-refractivity contribution is 0.249. The minimum Gasteiger partial charge on any atom is -0.367 e. The van der Waals surface area contributed by atoms with Crippen LogP contribution in [0.1, 0.15) is 5.56 Å². The van der Waals surface area contributed by atoms with E-state index in [2.05, 4.69) is 9.80 Å². The van der Waals surface area contributed by atoms with Gasteiger partial charge >= 0.3 is 0 Å². The van der Waals surface area contributed by atoms with E-state index in [9.17, 15) is 8.78 Å². The number of anilines is 1. The average molecular weight is 288 g/mol. The molecule has 1 saturated heterocycles. The van der Waals surface area contributed by atoms with E-state index in [-0.39, 0.29) is 11.6 Å². The van der Waals surface area contributed by atoms with Crippen LogP contribution in [-0.4, -0.2) is 31.1 Å². The Hall–Kier alpha value is -1.94. The van der Waals surface area contributed by atoms with Crippen molar-refractivity contribution in [2.24, 2.45) is 0 Å². The maximum atomic E-state index is 13.8. The maximum Gasteiger partial charge on any atom is 0.146 e. The van der Waals surface area contributed by atoms with Crippen LogP contribution in [0.5, 0.6) is 0 Å². The largest absolute Gasteiger partial charge is 0.367 e. The van der Waals surface area contributed by atoms with Gasteiger partial charge in [-0.25, -0.2) is 8.78 Å². The summed E-state index contributed by atoms with van der Waals surface area (Å²) in [6.07, 6.45) is 0. The summed E-state index contributed by atoms with van der Waals surface area (Å²) in [6, 6.07) is 13.6. The van der Waals surface area contributed by atoms with Crippen LogP contribution in [-0.2, 0) is 6.54 Å². The fourth-order valence-electron chi connectivity index (χ4n) is 2.75. The summed E-state index contributed by atoms with van der Waals surface area (Å²) in [5, 5.41) is 0. The first kappa shape index (κ1) is 14.0. The standard InChI is InChI=1S/C17H18F2N2/c18-15-5-3-4-14(12-15)13-20-8-10-21(11-9-20)17-7-2-1-6-16(17)19/h1-7,12H,8-11,13H2. The zero-order valence-corrected chi connectivity index (χ0v) is 11.8. The molecular formula is C17H18F2N2. The van der Waals surface area contributed by atoms with Gasteiger partial charge in [0, 0.05) is 32.7 Å². The smallest absolute Gasteiger partial charge is 0.146 e. The molecule has 1 fully saturated rings. The molecular weight excluding hydrogens is 270 g/mol. The van der Waals surface area contributed by atoms with Crippen LogP contribution >= 0.6 is 0 Å². The Kier molecular flexibility index (Phi) is 4.15. The number of benzene rings is 2. The fourth-order valence-corrected chi connectivity index (χ4v) is 2.75. The Balaban J connectivity index is 1.59. The Bertz CT molecular complexity index is 607. The van der Waals surface area contributed by atoms with Crippen molar-refractivity contribution in [2.75, 3.05) is 31.1 Å². The van der Waals surface area contributed by atoms with Gasteiger partial charge in [-0.05, 0) is 29.8 Å². The van der Waals surface area contributed by atoms with Gasteiger partial charge in [0.05, 0.1) is 5.69 Å². The quantitative estimate of drug-likeness (QED) is 0.855. The third kappa shape index (κ3) is 3.39. The lowest BCUT2D eigenvalue weighted by Gasteiger charge is -2.36. The van der Waals surface area contributed by atoms with Crippen molar-refractivity contribution in [3.63, 3.8) is 0 Å². The minimum atomic E-state index is -0.197. The van der Waals surface area contributed by atoms with E-state index in [1.165, 1.54) is 12.1 Å². The zero-order valence-electron chi connectivity index (χ0n) is 11.8. The SMILES string of the molecule is Fc1cccc(CN2CCN(c3ccccc3F)CC2)c1. The molecule has 0 radical (unpaired) electrons. The van der Waals surface area contributed by atoms with Gasteiger partial charge in [-0.2, -0.15) is 0 Å². The molecule has 2 aromatic rings. The molecule has 2 nitrogen and oxygen atoms in total.